The van der Waals surface area contributed by atoms with E-state index in [2.05, 4.69) is 0 Å². The second-order valence-electron chi connectivity index (χ2n) is 5.30. The molecule has 1 heterocycles. The van der Waals surface area contributed by atoms with Crippen LogP contribution >= 0.6 is 0 Å². The van der Waals surface area contributed by atoms with Crippen LogP contribution in [0.15, 0.2) is 0 Å². The number of carbonyl (C=O) groups is 2. The summed E-state index contributed by atoms with van der Waals surface area (Å²) in [6.07, 6.45) is 4.14. The summed E-state index contributed by atoms with van der Waals surface area (Å²) in [6, 6.07) is -0.0927. The minimum Gasteiger partial charge on any atom is -0.332 e. The largest absolute Gasteiger partial charge is 0.332 e. The predicted molar refractivity (Wildman–Crippen MR) is 50.5 cm³/mol. The predicted octanol–water partition coefficient (Wildman–Crippen LogP) is 0.832. The summed E-state index contributed by atoms with van der Waals surface area (Å²) in [6.45, 7) is 2.85. The van der Waals surface area contributed by atoms with E-state index in [4.69, 9.17) is 0 Å². The van der Waals surface area contributed by atoms with Crippen molar-refractivity contribution in [1.82, 2.24) is 4.90 Å². The van der Waals surface area contributed by atoms with Gasteiger partial charge in [0, 0.05) is 12.0 Å². The van der Waals surface area contributed by atoms with Crippen molar-refractivity contribution < 1.29 is 9.59 Å². The van der Waals surface area contributed by atoms with Crippen LogP contribution in [-0.4, -0.2) is 29.7 Å². The molecule has 3 heteroatoms. The molecule has 0 N–H and O–H groups in total. The first-order valence-corrected chi connectivity index (χ1v) is 5.42. The zero-order valence-corrected chi connectivity index (χ0v) is 8.40. The second kappa shape index (κ2) is 2.38. The lowest BCUT2D eigenvalue weighted by atomic mass is 10.1. The van der Waals surface area contributed by atoms with Crippen LogP contribution in [0.25, 0.3) is 0 Å². The standard InChI is InChI=1S/C11H15NO2/c1-11(2-3-11)10(14)12-5-7-4-8(7)9(12)6-13/h6-9H,2-5H2,1H3/t7-,8?,9+/m0/s1. The molecular weight excluding hydrogens is 178 g/mol. The Hall–Kier alpha value is -0.860. The van der Waals surface area contributed by atoms with E-state index >= 15 is 0 Å². The Morgan fingerprint density at radius 2 is 2.21 bits per heavy atom. The average Bonchev–Trinajstić information content (AvgIpc) is 3.07. The lowest BCUT2D eigenvalue weighted by Crippen LogP contribution is -2.42. The molecule has 1 saturated heterocycles. The summed E-state index contributed by atoms with van der Waals surface area (Å²) in [5.41, 5.74) is -0.113. The summed E-state index contributed by atoms with van der Waals surface area (Å²) in [5, 5.41) is 0. The number of carbonyl (C=O) groups excluding carboxylic acids is 2. The normalized spacial score (nSPS) is 41.8. The molecule has 2 saturated carbocycles. The fourth-order valence-electron chi connectivity index (χ4n) is 2.65. The Morgan fingerprint density at radius 1 is 1.50 bits per heavy atom. The molecule has 14 heavy (non-hydrogen) atoms. The highest BCUT2D eigenvalue weighted by atomic mass is 16.2. The van der Waals surface area contributed by atoms with Gasteiger partial charge in [-0.1, -0.05) is 6.92 Å². The zero-order valence-electron chi connectivity index (χ0n) is 8.40. The van der Waals surface area contributed by atoms with Gasteiger partial charge in [0.15, 0.2) is 0 Å². The van der Waals surface area contributed by atoms with Crippen LogP contribution < -0.4 is 0 Å². The summed E-state index contributed by atoms with van der Waals surface area (Å²) in [5.74, 6) is 1.36. The van der Waals surface area contributed by atoms with E-state index in [1.807, 2.05) is 11.8 Å². The smallest absolute Gasteiger partial charge is 0.229 e. The fourth-order valence-corrected chi connectivity index (χ4v) is 2.65. The van der Waals surface area contributed by atoms with Crippen molar-refractivity contribution in [2.75, 3.05) is 6.54 Å². The Labute approximate surface area is 83.5 Å². The topological polar surface area (TPSA) is 37.4 Å². The molecule has 2 aliphatic carbocycles. The van der Waals surface area contributed by atoms with Gasteiger partial charge >= 0.3 is 0 Å². The molecule has 1 unspecified atom stereocenters. The van der Waals surface area contributed by atoms with Crippen LogP contribution in [0.3, 0.4) is 0 Å². The highest BCUT2D eigenvalue weighted by Gasteiger charge is 2.58. The van der Waals surface area contributed by atoms with Crippen molar-refractivity contribution in [3.63, 3.8) is 0 Å². The number of piperidine rings is 1. The van der Waals surface area contributed by atoms with Gasteiger partial charge in [0.25, 0.3) is 0 Å². The van der Waals surface area contributed by atoms with E-state index in [0.717, 1.165) is 32.1 Å². The van der Waals surface area contributed by atoms with Crippen LogP contribution in [0.2, 0.25) is 0 Å². The minimum absolute atomic E-state index is 0.0927. The molecule has 3 atom stereocenters. The molecule has 76 valence electrons. The highest BCUT2D eigenvalue weighted by Crippen LogP contribution is 2.53. The Balaban J connectivity index is 1.78. The third kappa shape index (κ3) is 0.983. The van der Waals surface area contributed by atoms with Crippen LogP contribution in [-0.2, 0) is 9.59 Å². The average molecular weight is 193 g/mol. The van der Waals surface area contributed by atoms with E-state index in [1.54, 1.807) is 0 Å². The molecule has 3 fully saturated rings. The number of aldehydes is 1. The quantitative estimate of drug-likeness (QED) is 0.609. The number of hydrogen-bond donors (Lipinski definition) is 0. The van der Waals surface area contributed by atoms with Crippen molar-refractivity contribution in [1.29, 1.82) is 0 Å². The first-order valence-electron chi connectivity index (χ1n) is 5.42. The lowest BCUT2D eigenvalue weighted by molar-refractivity contribution is -0.140. The van der Waals surface area contributed by atoms with E-state index in [-0.39, 0.29) is 17.4 Å². The van der Waals surface area contributed by atoms with Gasteiger partial charge < -0.3 is 9.69 Å². The summed E-state index contributed by atoms with van der Waals surface area (Å²) < 4.78 is 0. The zero-order chi connectivity index (χ0) is 9.92. The Morgan fingerprint density at radius 3 is 2.79 bits per heavy atom. The van der Waals surface area contributed by atoms with Crippen molar-refractivity contribution in [2.45, 2.75) is 32.2 Å². The second-order valence-corrected chi connectivity index (χ2v) is 5.30. The summed E-state index contributed by atoms with van der Waals surface area (Å²) in [4.78, 5) is 24.8. The van der Waals surface area contributed by atoms with Crippen LogP contribution in [0.5, 0.6) is 0 Å². The maximum absolute atomic E-state index is 12.0. The SMILES string of the molecule is CC1(C(=O)N2C[C@@H]3CC3[C@H]2C=O)CC1. The van der Waals surface area contributed by atoms with Gasteiger partial charge in [-0.05, 0) is 31.1 Å². The summed E-state index contributed by atoms with van der Waals surface area (Å²) >= 11 is 0. The minimum atomic E-state index is -0.113. The molecule has 3 aliphatic rings. The first kappa shape index (κ1) is 8.45. The number of amides is 1. The van der Waals surface area contributed by atoms with Gasteiger partial charge in [-0.2, -0.15) is 0 Å². The fraction of sp³-hybridized carbons (Fsp3) is 0.818. The third-order valence-electron chi connectivity index (χ3n) is 4.12. The Bertz CT molecular complexity index is 308. The number of fused-ring (bicyclic) bond motifs is 1. The molecule has 0 bridgehead atoms. The van der Waals surface area contributed by atoms with E-state index in [9.17, 15) is 9.59 Å². The molecule has 1 aliphatic heterocycles. The maximum Gasteiger partial charge on any atom is 0.229 e. The molecule has 3 nitrogen and oxygen atoms in total. The summed E-state index contributed by atoms with van der Waals surface area (Å²) in [7, 11) is 0. The first-order chi connectivity index (χ1) is 6.65. The number of rotatable bonds is 2. The number of hydrogen-bond acceptors (Lipinski definition) is 2. The van der Waals surface area contributed by atoms with Crippen molar-refractivity contribution in [3.8, 4) is 0 Å². The highest BCUT2D eigenvalue weighted by molar-refractivity contribution is 5.88. The number of likely N-dealkylation sites (tertiary alicyclic amines) is 1. The van der Waals surface area contributed by atoms with E-state index < -0.39 is 0 Å². The van der Waals surface area contributed by atoms with E-state index in [1.165, 1.54) is 0 Å². The van der Waals surface area contributed by atoms with Gasteiger partial charge in [0.2, 0.25) is 5.91 Å². The molecule has 0 radical (unpaired) electrons. The molecule has 0 spiro atoms. The molecule has 0 aromatic rings. The van der Waals surface area contributed by atoms with Crippen LogP contribution in [0, 0.1) is 17.3 Å². The van der Waals surface area contributed by atoms with Crippen molar-refractivity contribution in [3.05, 3.63) is 0 Å². The molecule has 0 aromatic carbocycles. The molecule has 3 rings (SSSR count). The number of nitrogens with zero attached hydrogens (tertiary/aromatic N) is 1. The molecular formula is C11H15NO2. The third-order valence-corrected chi connectivity index (χ3v) is 4.12. The van der Waals surface area contributed by atoms with Crippen molar-refractivity contribution >= 4 is 12.2 Å². The van der Waals surface area contributed by atoms with Gasteiger partial charge in [-0.25, -0.2) is 0 Å². The van der Waals surface area contributed by atoms with E-state index in [0.29, 0.717) is 11.8 Å². The Kier molecular flexibility index (Phi) is 1.44. The van der Waals surface area contributed by atoms with Crippen molar-refractivity contribution in [2.24, 2.45) is 17.3 Å². The van der Waals surface area contributed by atoms with Crippen LogP contribution in [0.1, 0.15) is 26.2 Å². The molecule has 0 aromatic heterocycles. The van der Waals surface area contributed by atoms with Gasteiger partial charge in [-0.3, -0.25) is 4.79 Å². The maximum atomic E-state index is 12.0. The van der Waals surface area contributed by atoms with Gasteiger partial charge in [0.1, 0.15) is 6.29 Å². The molecule has 1 amide bonds. The lowest BCUT2D eigenvalue weighted by Gasteiger charge is -2.26. The van der Waals surface area contributed by atoms with Gasteiger partial charge in [0.05, 0.1) is 6.04 Å². The van der Waals surface area contributed by atoms with Crippen LogP contribution in [0.4, 0.5) is 0 Å². The monoisotopic (exact) mass is 193 g/mol. The van der Waals surface area contributed by atoms with Gasteiger partial charge in [-0.15, -0.1) is 0 Å².